The van der Waals surface area contributed by atoms with E-state index in [0.29, 0.717) is 6.42 Å². The first-order valence-corrected chi connectivity index (χ1v) is 24.6. The highest BCUT2D eigenvalue weighted by atomic mass is 32.2. The van der Waals surface area contributed by atoms with Gasteiger partial charge in [0.15, 0.2) is 0 Å². The minimum atomic E-state index is -4.34. The van der Waals surface area contributed by atoms with E-state index >= 15 is 0 Å². The number of unbranched alkanes of at least 4 members (excludes halogenated alkanes) is 32. The molecule has 0 saturated heterocycles. The quantitative estimate of drug-likeness (QED) is 0.0326. The first-order chi connectivity index (χ1) is 25.8. The molecule has 0 aromatic heterocycles. The Balaban J connectivity index is 3.85. The summed E-state index contributed by atoms with van der Waals surface area (Å²) in [4.78, 5) is 12.5. The monoisotopic (exact) mass is 768 g/mol. The number of allylic oxidation sites excluding steroid dienone is 3. The van der Waals surface area contributed by atoms with Crippen LogP contribution in [0.4, 0.5) is 0 Å². The number of hydrogen-bond acceptors (Lipinski definition) is 4. The van der Waals surface area contributed by atoms with Gasteiger partial charge >= 0.3 is 0 Å². The van der Waals surface area contributed by atoms with E-state index in [2.05, 4.69) is 31.3 Å². The van der Waals surface area contributed by atoms with Crippen molar-refractivity contribution in [1.29, 1.82) is 0 Å². The molecule has 2 unspecified atom stereocenters. The Morgan fingerprint density at radius 1 is 0.491 bits per heavy atom. The van der Waals surface area contributed by atoms with Gasteiger partial charge in [0.25, 0.3) is 10.1 Å². The van der Waals surface area contributed by atoms with Gasteiger partial charge in [0.2, 0.25) is 5.91 Å². The molecule has 7 heteroatoms. The number of aliphatic hydroxyl groups is 1. The van der Waals surface area contributed by atoms with Crippen LogP contribution >= 0.6 is 0 Å². The number of aliphatic hydroxyl groups excluding tert-OH is 1. The van der Waals surface area contributed by atoms with Gasteiger partial charge in [0, 0.05) is 6.42 Å². The lowest BCUT2D eigenvalue weighted by Gasteiger charge is -2.21. The van der Waals surface area contributed by atoms with Gasteiger partial charge in [-0.3, -0.25) is 9.35 Å². The van der Waals surface area contributed by atoms with Gasteiger partial charge in [0.1, 0.15) is 0 Å². The van der Waals surface area contributed by atoms with E-state index in [-0.39, 0.29) is 5.91 Å². The molecule has 0 bridgehead atoms. The fraction of sp³-hybridized carbons (Fsp3) is 0.891. The molecule has 0 aromatic carbocycles. The largest absolute Gasteiger partial charge is 0.387 e. The van der Waals surface area contributed by atoms with Gasteiger partial charge in [-0.25, -0.2) is 0 Å². The van der Waals surface area contributed by atoms with Crippen molar-refractivity contribution in [3.05, 3.63) is 24.3 Å². The van der Waals surface area contributed by atoms with Crippen molar-refractivity contribution >= 4 is 16.0 Å². The molecule has 0 aliphatic heterocycles. The Morgan fingerprint density at radius 3 is 1.13 bits per heavy atom. The average Bonchev–Trinajstić information content (AvgIpc) is 3.12. The molecule has 0 radical (unpaired) electrons. The summed E-state index contributed by atoms with van der Waals surface area (Å²) in [6.07, 6.45) is 51.7. The third-order valence-electron chi connectivity index (χ3n) is 10.6. The van der Waals surface area contributed by atoms with Gasteiger partial charge in [-0.15, -0.1) is 0 Å². The zero-order chi connectivity index (χ0) is 38.9. The fourth-order valence-electron chi connectivity index (χ4n) is 7.15. The van der Waals surface area contributed by atoms with E-state index < -0.39 is 28.0 Å². The van der Waals surface area contributed by atoms with Crippen LogP contribution in [0.1, 0.15) is 245 Å². The molecular formula is C46H89NO5S. The summed E-state index contributed by atoms with van der Waals surface area (Å²) in [6, 6.07) is -1.06. The highest BCUT2D eigenvalue weighted by molar-refractivity contribution is 7.85. The van der Waals surface area contributed by atoms with Gasteiger partial charge in [-0.05, 0) is 44.9 Å². The zero-order valence-corrected chi connectivity index (χ0v) is 36.0. The molecule has 6 nitrogen and oxygen atoms in total. The third kappa shape index (κ3) is 41.8. The molecule has 0 aliphatic carbocycles. The van der Waals surface area contributed by atoms with Crippen molar-refractivity contribution < 1.29 is 22.9 Å². The molecule has 0 aromatic rings. The SMILES string of the molecule is CCCCCCCCC/C=C\CCCCCCCCCC(=O)NC(CS(=O)(=O)O)C(O)/C=C/CCCCCCCCCCCCCCCCCCCC. The average molecular weight is 768 g/mol. The summed E-state index contributed by atoms with van der Waals surface area (Å²) in [5, 5.41) is 13.3. The van der Waals surface area contributed by atoms with Crippen LogP contribution in [0.3, 0.4) is 0 Å². The molecule has 3 N–H and O–H groups in total. The normalized spacial score (nSPS) is 13.4. The van der Waals surface area contributed by atoms with Crippen LogP contribution in [0.25, 0.3) is 0 Å². The summed E-state index contributed by atoms with van der Waals surface area (Å²) in [5.74, 6) is -0.976. The molecule has 1 amide bonds. The Bertz CT molecular complexity index is 934. The lowest BCUT2D eigenvalue weighted by molar-refractivity contribution is -0.122. The minimum absolute atomic E-state index is 0.280. The number of hydrogen-bond donors (Lipinski definition) is 3. The number of nitrogens with one attached hydrogen (secondary N) is 1. The molecule has 0 rings (SSSR count). The van der Waals surface area contributed by atoms with Crippen molar-refractivity contribution in [3.8, 4) is 0 Å². The van der Waals surface area contributed by atoms with Crippen molar-refractivity contribution in [2.24, 2.45) is 0 Å². The van der Waals surface area contributed by atoms with Gasteiger partial charge in [0.05, 0.1) is 17.9 Å². The second kappa shape index (κ2) is 40.5. The van der Waals surface area contributed by atoms with Crippen LogP contribution in [0.15, 0.2) is 24.3 Å². The highest BCUT2D eigenvalue weighted by Crippen LogP contribution is 2.16. The van der Waals surface area contributed by atoms with Crippen molar-refractivity contribution in [1.82, 2.24) is 5.32 Å². The van der Waals surface area contributed by atoms with Gasteiger partial charge < -0.3 is 10.4 Å². The first kappa shape index (κ1) is 51.8. The maximum absolute atomic E-state index is 12.5. The Kier molecular flexibility index (Phi) is 39.6. The zero-order valence-electron chi connectivity index (χ0n) is 35.2. The van der Waals surface area contributed by atoms with E-state index in [1.165, 1.54) is 180 Å². The van der Waals surface area contributed by atoms with E-state index in [1.54, 1.807) is 6.08 Å². The summed E-state index contributed by atoms with van der Waals surface area (Å²) >= 11 is 0. The predicted octanol–water partition coefficient (Wildman–Crippen LogP) is 13.9. The maximum Gasteiger partial charge on any atom is 0.267 e. The molecule has 314 valence electrons. The Morgan fingerprint density at radius 2 is 0.792 bits per heavy atom. The second-order valence-electron chi connectivity index (χ2n) is 16.0. The first-order valence-electron chi connectivity index (χ1n) is 23.0. The van der Waals surface area contributed by atoms with Crippen LogP contribution in [0.2, 0.25) is 0 Å². The van der Waals surface area contributed by atoms with Crippen molar-refractivity contribution in [2.75, 3.05) is 5.75 Å². The number of amides is 1. The topological polar surface area (TPSA) is 104 Å². The smallest absolute Gasteiger partial charge is 0.267 e. The van der Waals surface area contributed by atoms with Crippen molar-refractivity contribution in [2.45, 2.75) is 257 Å². The summed E-state index contributed by atoms with van der Waals surface area (Å²) < 4.78 is 32.6. The summed E-state index contributed by atoms with van der Waals surface area (Å²) in [7, 11) is -4.34. The van der Waals surface area contributed by atoms with Crippen LogP contribution < -0.4 is 5.32 Å². The minimum Gasteiger partial charge on any atom is -0.387 e. The van der Waals surface area contributed by atoms with Gasteiger partial charge in [-0.1, -0.05) is 218 Å². The van der Waals surface area contributed by atoms with Crippen LogP contribution in [-0.2, 0) is 14.9 Å². The van der Waals surface area contributed by atoms with E-state index in [0.717, 1.165) is 44.9 Å². The second-order valence-corrected chi connectivity index (χ2v) is 17.5. The van der Waals surface area contributed by atoms with E-state index in [1.807, 2.05) is 6.08 Å². The fourth-order valence-corrected chi connectivity index (χ4v) is 7.89. The Hall–Kier alpha value is -1.18. The standard InChI is InChI=1S/C46H89NO5S/c1-3-5-7-9-11-13-15-17-19-21-23-24-25-27-29-31-33-35-37-39-41-45(48)44(43-53(50,51)52)47-46(49)42-40-38-36-34-32-30-28-26-22-20-18-16-14-12-10-8-6-4-2/h20,22,39,41,44-45,48H,3-19,21,23-38,40,42-43H2,1-2H3,(H,47,49)(H,50,51,52)/b22-20-,41-39+. The molecule has 0 aliphatic rings. The third-order valence-corrected chi connectivity index (χ3v) is 11.4. The number of carbonyl (C=O) groups is 1. The number of carbonyl (C=O) groups excluding carboxylic acids is 1. The van der Waals surface area contributed by atoms with Gasteiger partial charge in [-0.2, -0.15) is 8.42 Å². The van der Waals surface area contributed by atoms with Crippen LogP contribution in [-0.4, -0.2) is 41.9 Å². The highest BCUT2D eigenvalue weighted by Gasteiger charge is 2.24. The Labute approximate surface area is 330 Å². The number of rotatable bonds is 42. The van der Waals surface area contributed by atoms with Crippen LogP contribution in [0.5, 0.6) is 0 Å². The molecule has 53 heavy (non-hydrogen) atoms. The maximum atomic E-state index is 12.5. The lowest BCUT2D eigenvalue weighted by atomic mass is 10.0. The van der Waals surface area contributed by atoms with E-state index in [9.17, 15) is 22.9 Å². The molecule has 0 fully saturated rings. The molecule has 2 atom stereocenters. The predicted molar refractivity (Wildman–Crippen MR) is 230 cm³/mol. The molecule has 0 heterocycles. The summed E-state index contributed by atoms with van der Waals surface area (Å²) in [6.45, 7) is 4.54. The van der Waals surface area contributed by atoms with E-state index in [4.69, 9.17) is 0 Å². The molecular weight excluding hydrogens is 679 g/mol. The lowest BCUT2D eigenvalue weighted by Crippen LogP contribution is -2.46. The van der Waals surface area contributed by atoms with Crippen molar-refractivity contribution in [3.63, 3.8) is 0 Å². The summed E-state index contributed by atoms with van der Waals surface area (Å²) in [5.41, 5.74) is 0. The molecule has 0 saturated carbocycles. The molecule has 0 spiro atoms. The van der Waals surface area contributed by atoms with Crippen LogP contribution in [0, 0.1) is 0 Å².